The van der Waals surface area contributed by atoms with Crippen molar-refractivity contribution in [1.29, 1.82) is 0 Å². The van der Waals surface area contributed by atoms with Gasteiger partial charge in [0.25, 0.3) is 0 Å². The van der Waals surface area contributed by atoms with Gasteiger partial charge in [0.05, 0.1) is 6.54 Å². The lowest BCUT2D eigenvalue weighted by atomic mass is 9.99. The monoisotopic (exact) mass is 335 g/mol. The van der Waals surface area contributed by atoms with Crippen LogP contribution in [0, 0.1) is 5.82 Å². The molecule has 0 aliphatic carbocycles. The molecule has 1 aromatic carbocycles. The molecule has 2 rings (SSSR count). The van der Waals surface area contributed by atoms with Gasteiger partial charge in [-0.15, -0.1) is 0 Å². The zero-order valence-electron chi connectivity index (χ0n) is 12.7. The molecular weight excluding hydrogens is 317 g/mol. The Kier molecular flexibility index (Phi) is 5.63. The number of halogens is 1. The van der Waals surface area contributed by atoms with Gasteiger partial charge in [0.2, 0.25) is 5.91 Å². The van der Waals surface area contributed by atoms with Gasteiger partial charge in [0.15, 0.2) is 5.78 Å². The second kappa shape index (κ2) is 7.48. The predicted molar refractivity (Wildman–Crippen MR) is 86.9 cm³/mol. The maximum Gasteiger partial charge on any atom is 0.220 e. The Morgan fingerprint density at radius 3 is 2.52 bits per heavy atom. The Hall–Kier alpha value is -2.05. The average Bonchev–Trinajstić information content (AvgIpc) is 3.06. The van der Waals surface area contributed by atoms with E-state index in [1.54, 1.807) is 13.0 Å². The highest BCUT2D eigenvalue weighted by Gasteiger charge is 2.24. The normalized spacial score (nSPS) is 13.3. The second-order valence-corrected chi connectivity index (χ2v) is 6.27. The van der Waals surface area contributed by atoms with Crippen LogP contribution >= 0.6 is 11.3 Å². The van der Waals surface area contributed by atoms with E-state index in [9.17, 15) is 19.1 Å². The van der Waals surface area contributed by atoms with Crippen molar-refractivity contribution < 1.29 is 19.1 Å². The summed E-state index contributed by atoms with van der Waals surface area (Å²) in [4.78, 5) is 23.7. The van der Waals surface area contributed by atoms with Gasteiger partial charge >= 0.3 is 0 Å². The first-order chi connectivity index (χ1) is 10.9. The molecule has 0 saturated heterocycles. The number of amides is 1. The van der Waals surface area contributed by atoms with Gasteiger partial charge in [-0.1, -0.05) is 0 Å². The highest BCUT2D eigenvalue weighted by molar-refractivity contribution is 7.08. The van der Waals surface area contributed by atoms with Crippen molar-refractivity contribution in [3.05, 3.63) is 58.0 Å². The lowest BCUT2D eigenvalue weighted by Gasteiger charge is -2.22. The molecule has 0 radical (unpaired) electrons. The van der Waals surface area contributed by atoms with Crippen LogP contribution in [0.5, 0.6) is 0 Å². The third kappa shape index (κ3) is 4.97. The molecule has 23 heavy (non-hydrogen) atoms. The first kappa shape index (κ1) is 17.3. The summed E-state index contributed by atoms with van der Waals surface area (Å²) in [5.41, 5.74) is -0.0222. The molecule has 2 aromatic rings. The molecule has 122 valence electrons. The second-order valence-electron chi connectivity index (χ2n) is 5.49. The Labute approximate surface area is 138 Å². The molecule has 0 bridgehead atoms. The van der Waals surface area contributed by atoms with Crippen molar-refractivity contribution in [2.24, 2.45) is 0 Å². The number of ketones is 1. The van der Waals surface area contributed by atoms with E-state index in [0.717, 1.165) is 5.56 Å². The van der Waals surface area contributed by atoms with Crippen LogP contribution in [0.1, 0.15) is 35.7 Å². The van der Waals surface area contributed by atoms with Crippen molar-refractivity contribution in [1.82, 2.24) is 5.32 Å². The third-order valence-corrected chi connectivity index (χ3v) is 4.20. The van der Waals surface area contributed by atoms with E-state index in [1.165, 1.54) is 35.6 Å². The number of Topliss-reactive ketones (excluding diaryl/α,β-unsaturated/α-hetero) is 1. The first-order valence-corrected chi connectivity index (χ1v) is 8.13. The minimum Gasteiger partial charge on any atom is -0.384 e. The quantitative estimate of drug-likeness (QED) is 0.765. The van der Waals surface area contributed by atoms with Crippen LogP contribution in [-0.2, 0) is 10.4 Å². The van der Waals surface area contributed by atoms with Gasteiger partial charge in [-0.05, 0) is 53.6 Å². The summed E-state index contributed by atoms with van der Waals surface area (Å²) in [5.74, 6) is -0.935. The van der Waals surface area contributed by atoms with Gasteiger partial charge in [-0.25, -0.2) is 4.39 Å². The van der Waals surface area contributed by atoms with Crippen molar-refractivity contribution in [2.45, 2.75) is 25.4 Å². The molecule has 1 aromatic heterocycles. The van der Waals surface area contributed by atoms with Gasteiger partial charge in [0.1, 0.15) is 11.4 Å². The van der Waals surface area contributed by atoms with Crippen LogP contribution in [-0.4, -0.2) is 23.3 Å². The minimum atomic E-state index is -1.14. The number of thiophene rings is 1. The SMILES string of the molecule is CC(O)(CNC(=O)CCC(=O)c1ccc(F)cc1)c1ccsc1. The average molecular weight is 335 g/mol. The smallest absolute Gasteiger partial charge is 0.220 e. The van der Waals surface area contributed by atoms with Gasteiger partial charge in [-0.3, -0.25) is 9.59 Å². The van der Waals surface area contributed by atoms with Gasteiger partial charge < -0.3 is 10.4 Å². The van der Waals surface area contributed by atoms with Crippen molar-refractivity contribution in [3.8, 4) is 0 Å². The molecule has 4 nitrogen and oxygen atoms in total. The molecule has 0 saturated carbocycles. The summed E-state index contributed by atoms with van der Waals surface area (Å²) in [6.07, 6.45) is 0.0635. The lowest BCUT2D eigenvalue weighted by molar-refractivity contribution is -0.122. The van der Waals surface area contributed by atoms with Crippen LogP contribution in [0.25, 0.3) is 0 Å². The molecule has 1 atom stereocenters. The van der Waals surface area contributed by atoms with Crippen LogP contribution in [0.4, 0.5) is 4.39 Å². The van der Waals surface area contributed by atoms with E-state index in [4.69, 9.17) is 0 Å². The molecule has 2 N–H and O–H groups in total. The van der Waals surface area contributed by atoms with E-state index < -0.39 is 11.4 Å². The summed E-state index contributed by atoms with van der Waals surface area (Å²) >= 11 is 1.47. The number of aliphatic hydroxyl groups is 1. The molecule has 6 heteroatoms. The van der Waals surface area contributed by atoms with Crippen LogP contribution < -0.4 is 5.32 Å². The first-order valence-electron chi connectivity index (χ1n) is 7.19. The molecule has 0 aliphatic heterocycles. The highest BCUT2D eigenvalue weighted by atomic mass is 32.1. The van der Waals surface area contributed by atoms with Crippen LogP contribution in [0.3, 0.4) is 0 Å². The van der Waals surface area contributed by atoms with Crippen molar-refractivity contribution in [3.63, 3.8) is 0 Å². The molecule has 1 heterocycles. The van der Waals surface area contributed by atoms with Crippen molar-refractivity contribution >= 4 is 23.0 Å². The number of nitrogens with one attached hydrogen (secondary N) is 1. The van der Waals surface area contributed by atoms with E-state index in [-0.39, 0.29) is 31.1 Å². The Bertz CT molecular complexity index is 666. The summed E-state index contributed by atoms with van der Waals surface area (Å²) < 4.78 is 12.8. The molecular formula is C17H18FNO3S. The van der Waals surface area contributed by atoms with Crippen molar-refractivity contribution in [2.75, 3.05) is 6.54 Å². The maximum atomic E-state index is 12.8. The zero-order chi connectivity index (χ0) is 16.9. The van der Waals surface area contributed by atoms with Crippen LogP contribution in [0.15, 0.2) is 41.1 Å². The number of hydrogen-bond donors (Lipinski definition) is 2. The fourth-order valence-corrected chi connectivity index (χ4v) is 2.82. The summed E-state index contributed by atoms with van der Waals surface area (Å²) in [5, 5.41) is 16.6. The Morgan fingerprint density at radius 2 is 1.91 bits per heavy atom. The fourth-order valence-electron chi connectivity index (χ4n) is 2.04. The number of carbonyl (C=O) groups is 2. The van der Waals surface area contributed by atoms with E-state index in [2.05, 4.69) is 5.32 Å². The molecule has 0 aliphatic rings. The number of carbonyl (C=O) groups excluding carboxylic acids is 2. The number of benzene rings is 1. The summed E-state index contributed by atoms with van der Waals surface area (Å²) in [6, 6.07) is 7.03. The molecule has 1 amide bonds. The molecule has 0 spiro atoms. The topological polar surface area (TPSA) is 66.4 Å². The number of hydrogen-bond acceptors (Lipinski definition) is 4. The largest absolute Gasteiger partial charge is 0.384 e. The third-order valence-electron chi connectivity index (χ3n) is 3.52. The van der Waals surface area contributed by atoms with Gasteiger partial charge in [-0.2, -0.15) is 11.3 Å². The standard InChI is InChI=1S/C17H18FNO3S/c1-17(22,13-8-9-23-10-13)11-19-16(21)7-6-15(20)12-2-4-14(18)5-3-12/h2-5,8-10,22H,6-7,11H2,1H3,(H,19,21). The Balaban J connectivity index is 1.79. The zero-order valence-corrected chi connectivity index (χ0v) is 13.5. The van der Waals surface area contributed by atoms with E-state index >= 15 is 0 Å². The summed E-state index contributed by atoms with van der Waals surface area (Å²) in [6.45, 7) is 1.70. The van der Waals surface area contributed by atoms with Crippen LogP contribution in [0.2, 0.25) is 0 Å². The Morgan fingerprint density at radius 1 is 1.22 bits per heavy atom. The van der Waals surface area contributed by atoms with E-state index in [0.29, 0.717) is 5.56 Å². The maximum absolute atomic E-state index is 12.8. The minimum absolute atomic E-state index is 0.0237. The summed E-state index contributed by atoms with van der Waals surface area (Å²) in [7, 11) is 0. The van der Waals surface area contributed by atoms with Gasteiger partial charge in [0, 0.05) is 18.4 Å². The lowest BCUT2D eigenvalue weighted by Crippen LogP contribution is -2.38. The fraction of sp³-hybridized carbons (Fsp3) is 0.294. The predicted octanol–water partition coefficient (Wildman–Crippen LogP) is 2.87. The molecule has 0 fully saturated rings. The highest BCUT2D eigenvalue weighted by Crippen LogP contribution is 2.22. The molecule has 1 unspecified atom stereocenters. The number of rotatable bonds is 7. The van der Waals surface area contributed by atoms with E-state index in [1.807, 2.05) is 10.8 Å².